The van der Waals surface area contributed by atoms with Crippen molar-refractivity contribution in [3.63, 3.8) is 0 Å². The second-order valence-corrected chi connectivity index (χ2v) is 8.00. The molecule has 0 radical (unpaired) electrons. The van der Waals surface area contributed by atoms with Gasteiger partial charge in [-0.25, -0.2) is 0 Å². The van der Waals surface area contributed by atoms with Crippen LogP contribution < -0.4 is 0 Å². The topological polar surface area (TPSA) is 0 Å². The van der Waals surface area contributed by atoms with Crippen LogP contribution in [0.15, 0.2) is 12.7 Å². The molecule has 2 aliphatic carbocycles. The van der Waals surface area contributed by atoms with E-state index < -0.39 is 0 Å². The maximum absolute atomic E-state index is 3.92. The zero-order chi connectivity index (χ0) is 14.0. The van der Waals surface area contributed by atoms with Gasteiger partial charge in [-0.2, -0.15) is 0 Å². The highest BCUT2D eigenvalue weighted by atomic mass is 14.6. The van der Waals surface area contributed by atoms with Gasteiger partial charge in [0.1, 0.15) is 0 Å². The molecule has 0 heterocycles. The summed E-state index contributed by atoms with van der Waals surface area (Å²) in [6, 6.07) is 0. The molecular formula is C19H34. The van der Waals surface area contributed by atoms with E-state index >= 15 is 0 Å². The van der Waals surface area contributed by atoms with Crippen LogP contribution in [0.4, 0.5) is 0 Å². The first-order chi connectivity index (χ1) is 9.00. The van der Waals surface area contributed by atoms with Crippen LogP contribution in [-0.4, -0.2) is 0 Å². The molecule has 0 bridgehead atoms. The first kappa shape index (κ1) is 15.1. The van der Waals surface area contributed by atoms with Gasteiger partial charge in [0.05, 0.1) is 0 Å². The molecule has 0 saturated heterocycles. The molecule has 0 amide bonds. The third-order valence-electron chi connectivity index (χ3n) is 6.31. The third kappa shape index (κ3) is 3.86. The molecule has 0 heteroatoms. The molecule has 2 saturated carbocycles. The molecule has 0 spiro atoms. The van der Waals surface area contributed by atoms with Gasteiger partial charge in [-0.1, -0.05) is 46.6 Å². The molecule has 19 heavy (non-hydrogen) atoms. The van der Waals surface area contributed by atoms with E-state index in [1.165, 1.54) is 44.9 Å². The van der Waals surface area contributed by atoms with E-state index in [0.717, 1.165) is 29.6 Å². The van der Waals surface area contributed by atoms with E-state index in [9.17, 15) is 0 Å². The fourth-order valence-electron chi connectivity index (χ4n) is 4.03. The van der Waals surface area contributed by atoms with Gasteiger partial charge in [0.25, 0.3) is 0 Å². The predicted molar refractivity (Wildman–Crippen MR) is 85.1 cm³/mol. The Morgan fingerprint density at radius 1 is 1.37 bits per heavy atom. The van der Waals surface area contributed by atoms with E-state index in [4.69, 9.17) is 0 Å². The zero-order valence-corrected chi connectivity index (χ0v) is 13.6. The molecular weight excluding hydrogens is 228 g/mol. The molecule has 0 aromatic heterocycles. The van der Waals surface area contributed by atoms with Crippen LogP contribution in [-0.2, 0) is 0 Å². The number of hydrogen-bond donors (Lipinski definition) is 0. The fraction of sp³-hybridized carbons (Fsp3) is 0.895. The van der Waals surface area contributed by atoms with Gasteiger partial charge in [-0.15, -0.1) is 6.58 Å². The van der Waals surface area contributed by atoms with Crippen molar-refractivity contribution in [3.8, 4) is 0 Å². The summed E-state index contributed by atoms with van der Waals surface area (Å²) < 4.78 is 0. The Hall–Kier alpha value is -0.260. The summed E-state index contributed by atoms with van der Waals surface area (Å²) in [5, 5.41) is 0. The highest BCUT2D eigenvalue weighted by molar-refractivity contribution is 5.02. The Balaban J connectivity index is 1.85. The van der Waals surface area contributed by atoms with Crippen LogP contribution in [0.3, 0.4) is 0 Å². The Kier molecular flexibility index (Phi) is 4.79. The summed E-state index contributed by atoms with van der Waals surface area (Å²) in [7, 11) is 0. The SMILES string of the molecule is C=CCC1CC1C(CCC(C)CC)CC1(C)CC1C. The number of rotatable bonds is 9. The highest BCUT2D eigenvalue weighted by Crippen LogP contribution is 2.60. The minimum atomic E-state index is 0.696. The summed E-state index contributed by atoms with van der Waals surface area (Å²) in [6.45, 7) is 13.7. The molecule has 2 fully saturated rings. The van der Waals surface area contributed by atoms with Crippen LogP contribution in [0, 0.1) is 35.0 Å². The summed E-state index contributed by atoms with van der Waals surface area (Å²) in [5.74, 6) is 4.93. The van der Waals surface area contributed by atoms with Crippen molar-refractivity contribution in [2.75, 3.05) is 0 Å². The minimum absolute atomic E-state index is 0.696. The predicted octanol–water partition coefficient (Wildman–Crippen LogP) is 6.08. The molecule has 0 aromatic carbocycles. The van der Waals surface area contributed by atoms with E-state index in [2.05, 4.69) is 40.3 Å². The van der Waals surface area contributed by atoms with Crippen molar-refractivity contribution in [1.29, 1.82) is 0 Å². The molecule has 0 aromatic rings. The van der Waals surface area contributed by atoms with Crippen LogP contribution in [0.5, 0.6) is 0 Å². The lowest BCUT2D eigenvalue weighted by atomic mass is 9.82. The van der Waals surface area contributed by atoms with Crippen molar-refractivity contribution >= 4 is 0 Å². The monoisotopic (exact) mass is 262 g/mol. The second kappa shape index (κ2) is 6.02. The van der Waals surface area contributed by atoms with Crippen molar-refractivity contribution in [1.82, 2.24) is 0 Å². The van der Waals surface area contributed by atoms with Crippen LogP contribution in [0.1, 0.15) is 72.6 Å². The van der Waals surface area contributed by atoms with E-state index in [0.29, 0.717) is 5.41 Å². The first-order valence-corrected chi connectivity index (χ1v) is 8.61. The van der Waals surface area contributed by atoms with Gasteiger partial charge < -0.3 is 0 Å². The first-order valence-electron chi connectivity index (χ1n) is 8.61. The zero-order valence-electron chi connectivity index (χ0n) is 13.6. The lowest BCUT2D eigenvalue weighted by molar-refractivity contribution is 0.275. The van der Waals surface area contributed by atoms with Gasteiger partial charge in [-0.3, -0.25) is 0 Å². The van der Waals surface area contributed by atoms with Gasteiger partial charge in [0, 0.05) is 0 Å². The van der Waals surface area contributed by atoms with E-state index in [1.807, 2.05) is 0 Å². The minimum Gasteiger partial charge on any atom is -0.103 e. The normalized spacial score (nSPS) is 39.7. The maximum Gasteiger partial charge on any atom is -0.0294 e. The molecule has 110 valence electrons. The van der Waals surface area contributed by atoms with Crippen molar-refractivity contribution in [2.45, 2.75) is 72.6 Å². The van der Waals surface area contributed by atoms with Gasteiger partial charge in [0.2, 0.25) is 0 Å². The van der Waals surface area contributed by atoms with E-state index in [1.54, 1.807) is 0 Å². The average molecular weight is 262 g/mol. The van der Waals surface area contributed by atoms with Gasteiger partial charge in [0.15, 0.2) is 0 Å². The highest BCUT2D eigenvalue weighted by Gasteiger charge is 2.51. The Morgan fingerprint density at radius 2 is 2.05 bits per heavy atom. The van der Waals surface area contributed by atoms with Gasteiger partial charge >= 0.3 is 0 Å². The Bertz CT molecular complexity index is 305. The Labute approximate surface area is 121 Å². The standard InChI is InChI=1S/C19H34/c1-6-8-16-11-18(16)17(10-9-14(3)7-2)13-19(5)12-15(19)4/h6,14-18H,1,7-13H2,2-5H3. The molecule has 6 atom stereocenters. The number of allylic oxidation sites excluding steroid dienone is 1. The average Bonchev–Trinajstić information content (AvgIpc) is 3.25. The lowest BCUT2D eigenvalue weighted by Gasteiger charge is -2.23. The van der Waals surface area contributed by atoms with Crippen molar-refractivity contribution in [2.24, 2.45) is 35.0 Å². The molecule has 6 unspecified atom stereocenters. The lowest BCUT2D eigenvalue weighted by Crippen LogP contribution is -2.13. The van der Waals surface area contributed by atoms with Crippen LogP contribution in [0.25, 0.3) is 0 Å². The van der Waals surface area contributed by atoms with Crippen LogP contribution in [0.2, 0.25) is 0 Å². The fourth-order valence-corrected chi connectivity index (χ4v) is 4.03. The van der Waals surface area contributed by atoms with Crippen LogP contribution >= 0.6 is 0 Å². The summed E-state index contributed by atoms with van der Waals surface area (Å²) in [5.41, 5.74) is 0.696. The summed E-state index contributed by atoms with van der Waals surface area (Å²) >= 11 is 0. The largest absolute Gasteiger partial charge is 0.103 e. The van der Waals surface area contributed by atoms with Crippen molar-refractivity contribution < 1.29 is 0 Å². The molecule has 2 rings (SSSR count). The molecule has 0 nitrogen and oxygen atoms in total. The second-order valence-electron chi connectivity index (χ2n) is 8.00. The molecule has 0 aliphatic heterocycles. The van der Waals surface area contributed by atoms with Gasteiger partial charge in [-0.05, 0) is 67.1 Å². The maximum atomic E-state index is 3.92. The van der Waals surface area contributed by atoms with Crippen molar-refractivity contribution in [3.05, 3.63) is 12.7 Å². The Morgan fingerprint density at radius 3 is 2.58 bits per heavy atom. The smallest absolute Gasteiger partial charge is 0.0294 e. The quantitative estimate of drug-likeness (QED) is 0.442. The number of hydrogen-bond acceptors (Lipinski definition) is 0. The molecule has 2 aliphatic rings. The van der Waals surface area contributed by atoms with E-state index in [-0.39, 0.29) is 0 Å². The molecule has 0 N–H and O–H groups in total. The summed E-state index contributed by atoms with van der Waals surface area (Å²) in [6.07, 6.45) is 12.1. The third-order valence-corrected chi connectivity index (χ3v) is 6.31. The summed E-state index contributed by atoms with van der Waals surface area (Å²) in [4.78, 5) is 0.